The largest absolute Gasteiger partial charge is 0.353 e. The van der Waals surface area contributed by atoms with Crippen molar-refractivity contribution in [2.45, 2.75) is 38.1 Å². The van der Waals surface area contributed by atoms with Crippen molar-refractivity contribution in [1.29, 1.82) is 5.26 Å². The topological polar surface area (TPSA) is 52.9 Å². The lowest BCUT2D eigenvalue weighted by molar-refractivity contribution is -0.119. The fourth-order valence-corrected chi connectivity index (χ4v) is 2.17. The monoisotopic (exact) mass is 212 g/mol. The minimum Gasteiger partial charge on any atom is -0.353 e. The van der Waals surface area contributed by atoms with Gasteiger partial charge in [0.15, 0.2) is 0 Å². The highest BCUT2D eigenvalue weighted by molar-refractivity contribution is 8.00. The molecule has 0 radical (unpaired) electrons. The number of hydrogen-bond acceptors (Lipinski definition) is 3. The van der Waals surface area contributed by atoms with Gasteiger partial charge >= 0.3 is 0 Å². The predicted molar refractivity (Wildman–Crippen MR) is 58.0 cm³/mol. The maximum absolute atomic E-state index is 11.3. The van der Waals surface area contributed by atoms with Crippen LogP contribution in [0.3, 0.4) is 0 Å². The molecule has 1 aliphatic carbocycles. The first kappa shape index (κ1) is 11.4. The second kappa shape index (κ2) is 6.72. The molecule has 0 aliphatic heterocycles. The minimum absolute atomic E-state index is 0.0807. The highest BCUT2D eigenvalue weighted by Gasteiger charge is 2.15. The first-order valence-corrected chi connectivity index (χ1v) is 6.22. The summed E-state index contributed by atoms with van der Waals surface area (Å²) in [6.07, 6.45) is 6.01. The summed E-state index contributed by atoms with van der Waals surface area (Å²) in [6, 6.07) is 2.40. The van der Waals surface area contributed by atoms with Crippen LogP contribution in [0.15, 0.2) is 0 Å². The molecular weight excluding hydrogens is 196 g/mol. The van der Waals surface area contributed by atoms with E-state index in [9.17, 15) is 4.79 Å². The molecule has 0 atom stereocenters. The van der Waals surface area contributed by atoms with Crippen molar-refractivity contribution >= 4 is 17.7 Å². The SMILES string of the molecule is N#CCSCC(=O)NC1CCCCC1. The summed E-state index contributed by atoms with van der Waals surface area (Å²) in [5.41, 5.74) is 0. The Morgan fingerprint density at radius 3 is 2.79 bits per heavy atom. The van der Waals surface area contributed by atoms with Crippen LogP contribution in [0.25, 0.3) is 0 Å². The van der Waals surface area contributed by atoms with Gasteiger partial charge in [0, 0.05) is 6.04 Å². The molecule has 0 saturated heterocycles. The molecule has 0 aromatic carbocycles. The summed E-state index contributed by atoms with van der Waals surface area (Å²) < 4.78 is 0. The number of amides is 1. The van der Waals surface area contributed by atoms with E-state index in [1.165, 1.54) is 31.0 Å². The lowest BCUT2D eigenvalue weighted by atomic mass is 9.95. The number of nitrogens with zero attached hydrogens (tertiary/aromatic N) is 1. The molecule has 0 heterocycles. The molecule has 78 valence electrons. The second-order valence-corrected chi connectivity index (χ2v) is 4.54. The van der Waals surface area contributed by atoms with Gasteiger partial charge < -0.3 is 5.32 Å². The Morgan fingerprint density at radius 2 is 2.14 bits per heavy atom. The molecule has 1 N–H and O–H groups in total. The van der Waals surface area contributed by atoms with Gasteiger partial charge in [-0.3, -0.25) is 4.79 Å². The van der Waals surface area contributed by atoms with E-state index in [0.717, 1.165) is 12.8 Å². The zero-order chi connectivity index (χ0) is 10.2. The molecule has 14 heavy (non-hydrogen) atoms. The van der Waals surface area contributed by atoms with Crippen LogP contribution in [-0.2, 0) is 4.79 Å². The molecule has 0 aromatic heterocycles. The molecule has 3 nitrogen and oxygen atoms in total. The molecule has 1 rings (SSSR count). The first-order valence-electron chi connectivity index (χ1n) is 5.07. The van der Waals surface area contributed by atoms with E-state index < -0.39 is 0 Å². The Hall–Kier alpha value is -0.690. The predicted octanol–water partition coefficient (Wildman–Crippen LogP) is 1.69. The molecule has 0 spiro atoms. The molecule has 4 heteroatoms. The van der Waals surface area contributed by atoms with Gasteiger partial charge in [-0.1, -0.05) is 19.3 Å². The summed E-state index contributed by atoms with van der Waals surface area (Å²) in [6.45, 7) is 0. The van der Waals surface area contributed by atoms with Crippen LogP contribution in [0.5, 0.6) is 0 Å². The van der Waals surface area contributed by atoms with Crippen LogP contribution in [0, 0.1) is 11.3 Å². The Kier molecular flexibility index (Phi) is 5.46. The minimum atomic E-state index is 0.0807. The van der Waals surface area contributed by atoms with Crippen LogP contribution >= 0.6 is 11.8 Å². The number of rotatable bonds is 4. The number of carbonyl (C=O) groups is 1. The highest BCUT2D eigenvalue weighted by Crippen LogP contribution is 2.17. The highest BCUT2D eigenvalue weighted by atomic mass is 32.2. The van der Waals surface area contributed by atoms with Crippen molar-refractivity contribution in [2.75, 3.05) is 11.5 Å². The summed E-state index contributed by atoms with van der Waals surface area (Å²) in [5, 5.41) is 11.3. The van der Waals surface area contributed by atoms with Crippen molar-refractivity contribution in [3.63, 3.8) is 0 Å². The lowest BCUT2D eigenvalue weighted by Crippen LogP contribution is -2.37. The zero-order valence-corrected chi connectivity index (χ0v) is 9.11. The van der Waals surface area contributed by atoms with Crippen LogP contribution in [-0.4, -0.2) is 23.5 Å². The molecular formula is C10H16N2OS. The molecule has 1 amide bonds. The number of carbonyl (C=O) groups excluding carboxylic acids is 1. The second-order valence-electron chi connectivity index (χ2n) is 3.55. The molecule has 1 saturated carbocycles. The van der Waals surface area contributed by atoms with Gasteiger partial charge in [-0.15, -0.1) is 11.8 Å². The van der Waals surface area contributed by atoms with Gasteiger partial charge in [-0.05, 0) is 12.8 Å². The van der Waals surface area contributed by atoms with E-state index in [0.29, 0.717) is 17.5 Å². The van der Waals surface area contributed by atoms with Crippen molar-refractivity contribution in [2.24, 2.45) is 0 Å². The van der Waals surface area contributed by atoms with E-state index in [2.05, 4.69) is 5.32 Å². The average Bonchev–Trinajstić information content (AvgIpc) is 2.20. The third kappa shape index (κ3) is 4.52. The Bertz CT molecular complexity index is 219. The summed E-state index contributed by atoms with van der Waals surface area (Å²) >= 11 is 1.38. The third-order valence-electron chi connectivity index (χ3n) is 2.37. The van der Waals surface area contributed by atoms with E-state index in [-0.39, 0.29) is 5.91 Å². The van der Waals surface area contributed by atoms with Gasteiger partial charge in [0.1, 0.15) is 0 Å². The van der Waals surface area contributed by atoms with Gasteiger partial charge in [-0.2, -0.15) is 5.26 Å². The standard InChI is InChI=1S/C10H16N2OS/c11-6-7-14-8-10(13)12-9-4-2-1-3-5-9/h9H,1-5,7-8H2,(H,12,13). The maximum atomic E-state index is 11.3. The van der Waals surface area contributed by atoms with Crippen LogP contribution in [0.2, 0.25) is 0 Å². The van der Waals surface area contributed by atoms with E-state index in [1.807, 2.05) is 6.07 Å². The van der Waals surface area contributed by atoms with Crippen molar-refractivity contribution in [1.82, 2.24) is 5.32 Å². The summed E-state index contributed by atoms with van der Waals surface area (Å²) in [7, 11) is 0. The van der Waals surface area contributed by atoms with Gasteiger partial charge in [0.2, 0.25) is 5.91 Å². The number of nitriles is 1. The quantitative estimate of drug-likeness (QED) is 0.721. The third-order valence-corrected chi connectivity index (χ3v) is 3.17. The number of hydrogen-bond donors (Lipinski definition) is 1. The molecule has 1 fully saturated rings. The average molecular weight is 212 g/mol. The van der Waals surface area contributed by atoms with Crippen LogP contribution < -0.4 is 5.32 Å². The number of thioether (sulfide) groups is 1. The smallest absolute Gasteiger partial charge is 0.230 e. The van der Waals surface area contributed by atoms with Gasteiger partial charge in [0.05, 0.1) is 17.6 Å². The maximum Gasteiger partial charge on any atom is 0.230 e. The molecule has 0 unspecified atom stereocenters. The van der Waals surface area contributed by atoms with E-state index >= 15 is 0 Å². The molecule has 1 aliphatic rings. The van der Waals surface area contributed by atoms with Crippen molar-refractivity contribution < 1.29 is 4.79 Å². The zero-order valence-electron chi connectivity index (χ0n) is 8.29. The lowest BCUT2D eigenvalue weighted by Gasteiger charge is -2.22. The van der Waals surface area contributed by atoms with E-state index in [4.69, 9.17) is 5.26 Å². The molecule has 0 bridgehead atoms. The van der Waals surface area contributed by atoms with Crippen molar-refractivity contribution in [3.8, 4) is 6.07 Å². The summed E-state index contributed by atoms with van der Waals surface area (Å²) in [5.74, 6) is 0.902. The first-order chi connectivity index (χ1) is 6.83. The van der Waals surface area contributed by atoms with Crippen molar-refractivity contribution in [3.05, 3.63) is 0 Å². The molecule has 0 aromatic rings. The van der Waals surface area contributed by atoms with Crippen LogP contribution in [0.1, 0.15) is 32.1 Å². The Morgan fingerprint density at radius 1 is 1.43 bits per heavy atom. The summed E-state index contributed by atoms with van der Waals surface area (Å²) in [4.78, 5) is 11.3. The van der Waals surface area contributed by atoms with Crippen LogP contribution in [0.4, 0.5) is 0 Å². The fourth-order valence-electron chi connectivity index (χ4n) is 1.71. The Labute approximate surface area is 89.2 Å². The van der Waals surface area contributed by atoms with Gasteiger partial charge in [0.25, 0.3) is 0 Å². The Balaban J connectivity index is 2.10. The fraction of sp³-hybridized carbons (Fsp3) is 0.800. The van der Waals surface area contributed by atoms with E-state index in [1.54, 1.807) is 0 Å². The van der Waals surface area contributed by atoms with Gasteiger partial charge in [-0.25, -0.2) is 0 Å². The normalized spacial score (nSPS) is 17.4. The number of nitrogens with one attached hydrogen (secondary N) is 1.